The van der Waals surface area contributed by atoms with Gasteiger partial charge in [0.05, 0.1) is 0 Å². The summed E-state index contributed by atoms with van der Waals surface area (Å²) >= 11 is 1.46. The quantitative estimate of drug-likeness (QED) is 0.811. The highest BCUT2D eigenvalue weighted by atomic mass is 32.2. The Kier molecular flexibility index (Phi) is 4.91. The molecule has 0 saturated carbocycles. The first kappa shape index (κ1) is 14.7. The van der Waals surface area contributed by atoms with E-state index in [0.29, 0.717) is 12.4 Å². The smallest absolute Gasteiger partial charge is 0.197 e. The number of rotatable bonds is 6. The van der Waals surface area contributed by atoms with Gasteiger partial charge in [-0.25, -0.2) is 9.97 Å². The molecule has 0 bridgehead atoms. The molecule has 108 valence electrons. The average molecular weight is 294 g/mol. The second kappa shape index (κ2) is 6.67. The topological polar surface area (TPSA) is 77.8 Å². The van der Waals surface area contributed by atoms with E-state index in [2.05, 4.69) is 25.5 Å². The largest absolute Gasteiger partial charge is 0.377 e. The van der Waals surface area contributed by atoms with Gasteiger partial charge in [-0.1, -0.05) is 0 Å². The fourth-order valence-corrected chi connectivity index (χ4v) is 2.42. The Morgan fingerprint density at radius 1 is 1.35 bits per heavy atom. The molecule has 2 aromatic rings. The normalized spacial score (nSPS) is 10.8. The van der Waals surface area contributed by atoms with Crippen LogP contribution in [0.3, 0.4) is 0 Å². The number of aryl methyl sites for hydroxylation is 1. The van der Waals surface area contributed by atoms with Crippen LogP contribution in [0.2, 0.25) is 0 Å². The van der Waals surface area contributed by atoms with E-state index >= 15 is 0 Å². The summed E-state index contributed by atoms with van der Waals surface area (Å²) in [5.41, 5.74) is 0. The van der Waals surface area contributed by atoms with Crippen molar-refractivity contribution >= 4 is 17.6 Å². The second-order valence-corrected chi connectivity index (χ2v) is 5.15. The van der Waals surface area contributed by atoms with Crippen molar-refractivity contribution in [1.29, 1.82) is 0 Å². The van der Waals surface area contributed by atoms with E-state index in [1.54, 1.807) is 7.11 Å². The lowest BCUT2D eigenvalue weighted by Gasteiger charge is -2.08. The van der Waals surface area contributed by atoms with Gasteiger partial charge in [0.2, 0.25) is 0 Å². The van der Waals surface area contributed by atoms with E-state index in [-0.39, 0.29) is 0 Å². The number of methoxy groups -OCH3 is 1. The van der Waals surface area contributed by atoms with Crippen molar-refractivity contribution in [2.45, 2.75) is 30.6 Å². The molecule has 0 aliphatic carbocycles. The molecule has 8 heteroatoms. The Morgan fingerprint density at radius 3 is 2.75 bits per heavy atom. The van der Waals surface area contributed by atoms with E-state index in [1.165, 1.54) is 11.8 Å². The summed E-state index contributed by atoms with van der Waals surface area (Å²) in [6, 6.07) is 1.90. The zero-order valence-electron chi connectivity index (χ0n) is 12.0. The summed E-state index contributed by atoms with van der Waals surface area (Å²) in [5, 5.41) is 13.0. The van der Waals surface area contributed by atoms with Gasteiger partial charge in [-0.2, -0.15) is 0 Å². The van der Waals surface area contributed by atoms with Gasteiger partial charge >= 0.3 is 0 Å². The number of aromatic nitrogens is 5. The molecular weight excluding hydrogens is 276 g/mol. The van der Waals surface area contributed by atoms with Crippen LogP contribution < -0.4 is 5.32 Å². The van der Waals surface area contributed by atoms with Crippen molar-refractivity contribution in [3.8, 4) is 0 Å². The van der Waals surface area contributed by atoms with E-state index in [9.17, 15) is 0 Å². The van der Waals surface area contributed by atoms with Gasteiger partial charge in [0.25, 0.3) is 0 Å². The molecule has 0 unspecified atom stereocenters. The second-order valence-electron chi connectivity index (χ2n) is 4.16. The first-order valence-corrected chi connectivity index (χ1v) is 7.10. The predicted molar refractivity (Wildman–Crippen MR) is 76.8 cm³/mol. The first-order chi connectivity index (χ1) is 9.63. The molecule has 20 heavy (non-hydrogen) atoms. The molecule has 0 atom stereocenters. The minimum absolute atomic E-state index is 0.380. The van der Waals surface area contributed by atoms with Crippen LogP contribution in [0, 0.1) is 6.92 Å². The number of nitrogens with one attached hydrogen (secondary N) is 1. The fraction of sp³-hybridized carbons (Fsp3) is 0.500. The molecule has 1 N–H and O–H groups in total. The number of hydrogen-bond donors (Lipinski definition) is 1. The van der Waals surface area contributed by atoms with Gasteiger partial charge in [0.1, 0.15) is 23.3 Å². The van der Waals surface area contributed by atoms with Crippen LogP contribution in [0.5, 0.6) is 0 Å². The minimum Gasteiger partial charge on any atom is -0.377 e. The lowest BCUT2D eigenvalue weighted by Crippen LogP contribution is -2.05. The number of hydrogen-bond acceptors (Lipinski definition) is 7. The third-order valence-corrected chi connectivity index (χ3v) is 3.59. The predicted octanol–water partition coefficient (Wildman–Crippen LogP) is 1.64. The van der Waals surface area contributed by atoms with Gasteiger partial charge in [-0.05, 0) is 25.6 Å². The number of ether oxygens (including phenoxy) is 1. The van der Waals surface area contributed by atoms with Gasteiger partial charge in [-0.3, -0.25) is 0 Å². The molecule has 2 rings (SSSR count). The van der Waals surface area contributed by atoms with Crippen LogP contribution in [0.25, 0.3) is 0 Å². The van der Waals surface area contributed by atoms with Crippen LogP contribution in [-0.4, -0.2) is 38.4 Å². The van der Waals surface area contributed by atoms with E-state index in [0.717, 1.165) is 28.4 Å². The molecule has 0 aromatic carbocycles. The van der Waals surface area contributed by atoms with Crippen molar-refractivity contribution in [2.75, 3.05) is 19.0 Å². The van der Waals surface area contributed by atoms with Crippen LogP contribution in [0.15, 0.2) is 16.2 Å². The summed E-state index contributed by atoms with van der Waals surface area (Å²) in [5.74, 6) is 2.30. The summed E-state index contributed by atoms with van der Waals surface area (Å²) in [6.45, 7) is 5.12. The fourth-order valence-electron chi connectivity index (χ4n) is 1.56. The lowest BCUT2D eigenvalue weighted by atomic mass is 10.5. The highest BCUT2D eigenvalue weighted by molar-refractivity contribution is 7.99. The first-order valence-electron chi connectivity index (χ1n) is 6.28. The van der Waals surface area contributed by atoms with E-state index in [1.807, 2.05) is 31.5 Å². The van der Waals surface area contributed by atoms with Gasteiger partial charge in [-0.15, -0.1) is 10.2 Å². The van der Waals surface area contributed by atoms with Crippen LogP contribution in [-0.2, 0) is 18.4 Å². The molecule has 0 saturated heterocycles. The standard InChI is InChI=1S/C12H18N6OS/c1-5-13-9-6-11(15-10(14-9)7-19-4)20-12-17-16-8(2)18(12)3/h6H,5,7H2,1-4H3,(H,13,14,15). The van der Waals surface area contributed by atoms with Crippen molar-refractivity contribution in [3.05, 3.63) is 17.7 Å². The highest BCUT2D eigenvalue weighted by Gasteiger charge is 2.11. The van der Waals surface area contributed by atoms with Crippen molar-refractivity contribution in [1.82, 2.24) is 24.7 Å². The Balaban J connectivity index is 2.27. The van der Waals surface area contributed by atoms with Gasteiger partial charge < -0.3 is 14.6 Å². The van der Waals surface area contributed by atoms with Crippen molar-refractivity contribution < 1.29 is 4.74 Å². The zero-order chi connectivity index (χ0) is 14.5. The molecule has 0 fully saturated rings. The van der Waals surface area contributed by atoms with Crippen LogP contribution >= 0.6 is 11.8 Å². The number of nitrogens with zero attached hydrogens (tertiary/aromatic N) is 5. The Morgan fingerprint density at radius 2 is 2.15 bits per heavy atom. The highest BCUT2D eigenvalue weighted by Crippen LogP contribution is 2.26. The molecule has 7 nitrogen and oxygen atoms in total. The minimum atomic E-state index is 0.380. The van der Waals surface area contributed by atoms with Gasteiger partial charge in [0.15, 0.2) is 11.0 Å². The Hall–Kier alpha value is -1.67. The molecule has 0 amide bonds. The Bertz CT molecular complexity index is 561. The van der Waals surface area contributed by atoms with Crippen LogP contribution in [0.4, 0.5) is 5.82 Å². The molecule has 0 aliphatic rings. The summed E-state index contributed by atoms with van der Waals surface area (Å²) in [4.78, 5) is 8.84. The van der Waals surface area contributed by atoms with Gasteiger partial charge in [0, 0.05) is 26.8 Å². The lowest BCUT2D eigenvalue weighted by molar-refractivity contribution is 0.177. The summed E-state index contributed by atoms with van der Waals surface area (Å²) < 4.78 is 7.03. The molecule has 0 radical (unpaired) electrons. The maximum Gasteiger partial charge on any atom is 0.197 e. The summed E-state index contributed by atoms with van der Waals surface area (Å²) in [7, 11) is 3.56. The van der Waals surface area contributed by atoms with Crippen molar-refractivity contribution in [2.24, 2.45) is 7.05 Å². The average Bonchev–Trinajstić information content (AvgIpc) is 2.71. The maximum absolute atomic E-state index is 5.10. The summed E-state index contributed by atoms with van der Waals surface area (Å²) in [6.07, 6.45) is 0. The third kappa shape index (κ3) is 3.45. The van der Waals surface area contributed by atoms with E-state index in [4.69, 9.17) is 4.74 Å². The van der Waals surface area contributed by atoms with Crippen LogP contribution in [0.1, 0.15) is 18.6 Å². The SMILES string of the molecule is CCNc1cc(Sc2nnc(C)n2C)nc(COC)n1. The molecular formula is C12H18N6OS. The monoisotopic (exact) mass is 294 g/mol. The maximum atomic E-state index is 5.10. The molecule has 2 aromatic heterocycles. The van der Waals surface area contributed by atoms with E-state index < -0.39 is 0 Å². The Labute approximate surface area is 122 Å². The number of anilines is 1. The molecule has 2 heterocycles. The zero-order valence-corrected chi connectivity index (χ0v) is 12.9. The van der Waals surface area contributed by atoms with Crippen molar-refractivity contribution in [3.63, 3.8) is 0 Å². The molecule has 0 aliphatic heterocycles. The molecule has 0 spiro atoms. The third-order valence-electron chi connectivity index (χ3n) is 2.63.